The van der Waals surface area contributed by atoms with Crippen molar-refractivity contribution in [3.05, 3.63) is 75.5 Å². The van der Waals surface area contributed by atoms with Crippen molar-refractivity contribution in [1.29, 1.82) is 0 Å². The van der Waals surface area contributed by atoms with Gasteiger partial charge in [-0.2, -0.15) is 4.37 Å². The van der Waals surface area contributed by atoms with Crippen molar-refractivity contribution in [2.24, 2.45) is 5.73 Å². The van der Waals surface area contributed by atoms with E-state index in [1.807, 2.05) is 0 Å². The summed E-state index contributed by atoms with van der Waals surface area (Å²) in [7, 11) is 0. The van der Waals surface area contributed by atoms with Crippen molar-refractivity contribution in [3.8, 4) is 0 Å². The summed E-state index contributed by atoms with van der Waals surface area (Å²) in [6, 6.07) is 10.4. The van der Waals surface area contributed by atoms with Crippen molar-refractivity contribution >= 4 is 52.2 Å². The van der Waals surface area contributed by atoms with Gasteiger partial charge in [0.2, 0.25) is 5.91 Å². The Kier molecular flexibility index (Phi) is 7.82. The second-order valence-corrected chi connectivity index (χ2v) is 9.34. The maximum Gasteiger partial charge on any atom is 0.273 e. The normalized spacial score (nSPS) is 15.9. The van der Waals surface area contributed by atoms with Gasteiger partial charge in [-0.3, -0.25) is 19.3 Å². The van der Waals surface area contributed by atoms with Crippen LogP contribution in [0.4, 0.5) is 15.8 Å². The Bertz CT molecular complexity index is 1280. The van der Waals surface area contributed by atoms with Crippen molar-refractivity contribution in [3.63, 3.8) is 0 Å². The highest BCUT2D eigenvalue weighted by Crippen LogP contribution is 2.34. The number of carbonyl (C=O) groups is 3. The first-order chi connectivity index (χ1) is 17.3. The van der Waals surface area contributed by atoms with Crippen LogP contribution in [0.25, 0.3) is 0 Å². The number of hydrogen-bond donors (Lipinski definition) is 3. The van der Waals surface area contributed by atoms with E-state index in [0.29, 0.717) is 28.7 Å². The van der Waals surface area contributed by atoms with Crippen LogP contribution in [0, 0.1) is 5.82 Å². The van der Waals surface area contributed by atoms with Gasteiger partial charge in [-0.15, -0.1) is 0 Å². The summed E-state index contributed by atoms with van der Waals surface area (Å²) in [5.41, 5.74) is 11.4. The molecule has 2 atom stereocenters. The molecule has 36 heavy (non-hydrogen) atoms. The van der Waals surface area contributed by atoms with E-state index in [2.05, 4.69) is 9.69 Å². The van der Waals surface area contributed by atoms with Crippen LogP contribution in [-0.2, 0) is 9.53 Å². The highest BCUT2D eigenvalue weighted by molar-refractivity contribution is 7.09. The molecule has 0 unspecified atom stereocenters. The Labute approximate surface area is 215 Å². The minimum absolute atomic E-state index is 0.0978. The highest BCUT2D eigenvalue weighted by Gasteiger charge is 2.36. The summed E-state index contributed by atoms with van der Waals surface area (Å²) < 4.78 is 23.8. The van der Waals surface area contributed by atoms with Gasteiger partial charge >= 0.3 is 0 Å². The van der Waals surface area contributed by atoms with Crippen LogP contribution >= 0.6 is 23.1 Å². The molecule has 9 nitrogen and oxygen atoms in total. The summed E-state index contributed by atoms with van der Waals surface area (Å²) in [5, 5.41) is 3.27. The smallest absolute Gasteiger partial charge is 0.273 e. The summed E-state index contributed by atoms with van der Waals surface area (Å²) in [6.07, 6.45) is 1.54. The first-order valence-corrected chi connectivity index (χ1v) is 12.2. The highest BCUT2D eigenvalue weighted by atomic mass is 35.5. The molecule has 0 radical (unpaired) electrons. The molecule has 3 aromatic rings. The number of nitrogen functional groups attached to an aromatic ring is 1. The van der Waals surface area contributed by atoms with E-state index in [0.717, 1.165) is 23.8 Å². The predicted molar refractivity (Wildman–Crippen MR) is 134 cm³/mol. The number of nitrogens with one attached hydrogen (secondary N) is 1. The number of ether oxygens (including phenoxy) is 1. The lowest BCUT2D eigenvalue weighted by molar-refractivity contribution is -0.123. The molecule has 2 aromatic carbocycles. The first kappa shape index (κ1) is 25.5. The molecule has 0 saturated carbocycles. The molecule has 188 valence electrons. The topological polar surface area (TPSA) is 141 Å². The van der Waals surface area contributed by atoms with Gasteiger partial charge in [0.1, 0.15) is 16.7 Å². The van der Waals surface area contributed by atoms with Gasteiger partial charge in [0.05, 0.1) is 11.8 Å². The zero-order valence-corrected chi connectivity index (χ0v) is 20.5. The lowest BCUT2D eigenvalue weighted by Gasteiger charge is -2.31. The quantitative estimate of drug-likeness (QED) is 0.407. The number of nitrogens with zero attached hydrogens (tertiary/aromatic N) is 2. The van der Waals surface area contributed by atoms with Crippen LogP contribution in [0.3, 0.4) is 0 Å². The number of halogens is 2. The summed E-state index contributed by atoms with van der Waals surface area (Å²) in [4.78, 5) is 40.2. The summed E-state index contributed by atoms with van der Waals surface area (Å²) in [6.45, 7) is 0.852. The number of rotatable bonds is 8. The predicted octanol–water partition coefficient (Wildman–Crippen LogP) is 3.30. The number of benzene rings is 2. The number of primary amides is 1. The molecule has 1 aliphatic rings. The molecule has 1 aliphatic heterocycles. The molecular formula is C24H23ClFN5O4S. The average molecular weight is 532 g/mol. The largest absolute Gasteiger partial charge is 0.395 e. The minimum atomic E-state index is -1.24. The summed E-state index contributed by atoms with van der Waals surface area (Å²) in [5.74, 6) is -2.79. The lowest BCUT2D eigenvalue weighted by atomic mass is 10.0. The van der Waals surface area contributed by atoms with Gasteiger partial charge in [-0.25, -0.2) is 4.39 Å². The van der Waals surface area contributed by atoms with E-state index >= 15 is 0 Å². The van der Waals surface area contributed by atoms with Crippen LogP contribution in [0.1, 0.15) is 44.6 Å². The fourth-order valence-electron chi connectivity index (χ4n) is 3.93. The number of anilines is 2. The van der Waals surface area contributed by atoms with E-state index in [4.69, 9.17) is 27.8 Å². The second kappa shape index (κ2) is 11.0. The monoisotopic (exact) mass is 531 g/mol. The summed E-state index contributed by atoms with van der Waals surface area (Å²) >= 11 is 6.72. The third kappa shape index (κ3) is 5.48. The van der Waals surface area contributed by atoms with E-state index < -0.39 is 29.6 Å². The lowest BCUT2D eigenvalue weighted by Crippen LogP contribution is -2.45. The van der Waals surface area contributed by atoms with Crippen molar-refractivity contribution in [1.82, 2.24) is 9.69 Å². The molecule has 1 saturated heterocycles. The third-order valence-electron chi connectivity index (χ3n) is 5.68. The maximum absolute atomic E-state index is 14.3. The van der Waals surface area contributed by atoms with Gasteiger partial charge in [-0.05, 0) is 60.3 Å². The maximum atomic E-state index is 14.3. The number of carbonyl (C=O) groups excluding carboxylic acids is 3. The van der Waals surface area contributed by atoms with E-state index in [1.165, 1.54) is 18.2 Å². The molecule has 12 heteroatoms. The van der Waals surface area contributed by atoms with Crippen LogP contribution in [-0.4, -0.2) is 41.4 Å². The van der Waals surface area contributed by atoms with Crippen molar-refractivity contribution < 1.29 is 23.5 Å². The standard InChI is InChI=1S/C24H23ClFN5O4S/c25-14-8-6-13(7-9-14)20(23(33)29-12-17-5-2-10-35-17)31(16-4-1-3-15(26)11-16)24(34)21-18(27)19(22(28)32)30-36-21/h1,3-4,6-9,11,17,20H,2,5,10,12,27H2,(H2,28,32)(H,29,33)/t17-,20+/m1/s1. The minimum Gasteiger partial charge on any atom is -0.395 e. The van der Waals surface area contributed by atoms with Gasteiger partial charge in [0, 0.05) is 23.9 Å². The molecule has 1 aromatic heterocycles. The molecule has 3 amide bonds. The zero-order valence-electron chi connectivity index (χ0n) is 18.9. The zero-order chi connectivity index (χ0) is 25.8. The van der Waals surface area contributed by atoms with Gasteiger partial charge in [0.15, 0.2) is 5.69 Å². The Morgan fingerprint density at radius 1 is 1.25 bits per heavy atom. The fourth-order valence-corrected chi connectivity index (χ4v) is 4.80. The number of aromatic nitrogens is 1. The van der Waals surface area contributed by atoms with Crippen LogP contribution < -0.4 is 21.7 Å². The molecule has 0 spiro atoms. The Hall–Kier alpha value is -3.54. The molecular weight excluding hydrogens is 509 g/mol. The Morgan fingerprint density at radius 2 is 2.00 bits per heavy atom. The van der Waals surface area contributed by atoms with E-state index in [1.54, 1.807) is 24.3 Å². The number of nitrogens with two attached hydrogens (primary N) is 2. The SMILES string of the molecule is NC(=O)c1nsc(C(=O)N(c2cccc(F)c2)[C@H](C(=O)NC[C@H]2CCCO2)c2ccc(Cl)cc2)c1N. The van der Waals surface area contributed by atoms with E-state index in [9.17, 15) is 18.8 Å². The van der Waals surface area contributed by atoms with Gasteiger partial charge < -0.3 is 21.5 Å². The van der Waals surface area contributed by atoms with Crippen LogP contribution in [0.2, 0.25) is 5.02 Å². The average Bonchev–Trinajstić information content (AvgIpc) is 3.51. The second-order valence-electron chi connectivity index (χ2n) is 8.13. The van der Waals surface area contributed by atoms with Gasteiger partial charge in [0.25, 0.3) is 11.8 Å². The number of hydrogen-bond acceptors (Lipinski definition) is 7. The molecule has 0 bridgehead atoms. The molecule has 2 heterocycles. The molecule has 5 N–H and O–H groups in total. The Balaban J connectivity index is 1.80. The van der Waals surface area contributed by atoms with Crippen molar-refractivity contribution in [2.75, 3.05) is 23.8 Å². The van der Waals surface area contributed by atoms with E-state index in [-0.39, 0.29) is 34.6 Å². The first-order valence-electron chi connectivity index (χ1n) is 11.0. The third-order valence-corrected chi connectivity index (χ3v) is 6.78. The van der Waals surface area contributed by atoms with Crippen LogP contribution in [0.15, 0.2) is 48.5 Å². The molecule has 4 rings (SSSR count). The Morgan fingerprint density at radius 3 is 2.61 bits per heavy atom. The van der Waals surface area contributed by atoms with Crippen LogP contribution in [0.5, 0.6) is 0 Å². The van der Waals surface area contributed by atoms with Crippen molar-refractivity contribution in [2.45, 2.75) is 25.0 Å². The molecule has 0 aliphatic carbocycles. The fraction of sp³-hybridized carbons (Fsp3) is 0.250. The number of amides is 3. The molecule has 1 fully saturated rings. The van der Waals surface area contributed by atoms with Gasteiger partial charge in [-0.1, -0.05) is 29.8 Å².